The highest BCUT2D eigenvalue weighted by Crippen LogP contribution is 2.35. The number of nitrogens with zero attached hydrogens (tertiary/aromatic N) is 3. The lowest BCUT2D eigenvalue weighted by Crippen LogP contribution is -2.41. The fourth-order valence-electron chi connectivity index (χ4n) is 5.02. The summed E-state index contributed by atoms with van der Waals surface area (Å²) in [6, 6.07) is 13.1. The van der Waals surface area contributed by atoms with Crippen molar-refractivity contribution in [3.63, 3.8) is 0 Å². The molecule has 0 aliphatic carbocycles. The standard InChI is InChI=1S/C26H31N3O2S/c30-26(28-13-15-31-16-14-28)25-23(22-9-3-4-10-24(22)32-25)17-21-8-2-1-5-12-29(21)19-20-7-6-11-27-18-20/h3-4,6-7,9-11,18,21H,1-2,5,8,12-17,19H2. The van der Waals surface area contributed by atoms with Crippen molar-refractivity contribution >= 4 is 27.3 Å². The molecule has 2 aliphatic rings. The van der Waals surface area contributed by atoms with Gasteiger partial charge in [0.15, 0.2) is 0 Å². The number of carbonyl (C=O) groups excluding carboxylic acids is 1. The predicted molar refractivity (Wildman–Crippen MR) is 129 cm³/mol. The van der Waals surface area contributed by atoms with Crippen LogP contribution in [0, 0.1) is 0 Å². The third kappa shape index (κ3) is 4.72. The van der Waals surface area contributed by atoms with Crippen LogP contribution in [0.2, 0.25) is 0 Å². The Morgan fingerprint density at radius 3 is 2.78 bits per heavy atom. The number of hydrogen-bond acceptors (Lipinski definition) is 5. The summed E-state index contributed by atoms with van der Waals surface area (Å²) in [5.74, 6) is 0.178. The number of pyridine rings is 1. The van der Waals surface area contributed by atoms with Gasteiger partial charge in [-0.15, -0.1) is 11.3 Å². The van der Waals surface area contributed by atoms with Gasteiger partial charge in [0, 0.05) is 42.8 Å². The average Bonchev–Trinajstić information content (AvgIpc) is 3.06. The number of likely N-dealkylation sites (tertiary alicyclic amines) is 1. The number of benzene rings is 1. The summed E-state index contributed by atoms with van der Waals surface area (Å²) in [7, 11) is 0. The molecule has 4 heterocycles. The molecule has 5 nitrogen and oxygen atoms in total. The van der Waals surface area contributed by atoms with Gasteiger partial charge in [0.05, 0.1) is 18.1 Å². The van der Waals surface area contributed by atoms with E-state index in [-0.39, 0.29) is 5.91 Å². The molecule has 6 heteroatoms. The van der Waals surface area contributed by atoms with Gasteiger partial charge < -0.3 is 9.64 Å². The molecule has 1 aromatic carbocycles. The van der Waals surface area contributed by atoms with E-state index in [2.05, 4.69) is 40.2 Å². The number of carbonyl (C=O) groups is 1. The van der Waals surface area contributed by atoms with E-state index in [9.17, 15) is 4.79 Å². The van der Waals surface area contributed by atoms with Gasteiger partial charge in [-0.05, 0) is 54.5 Å². The minimum absolute atomic E-state index is 0.178. The molecule has 1 unspecified atom stereocenters. The number of fused-ring (bicyclic) bond motifs is 1. The first-order chi connectivity index (χ1) is 15.8. The van der Waals surface area contributed by atoms with Crippen LogP contribution in [0.5, 0.6) is 0 Å². The molecule has 2 fully saturated rings. The van der Waals surface area contributed by atoms with Crippen LogP contribution in [0.3, 0.4) is 0 Å². The molecule has 0 radical (unpaired) electrons. The number of hydrogen-bond donors (Lipinski definition) is 0. The number of aromatic nitrogens is 1. The minimum Gasteiger partial charge on any atom is -0.378 e. The summed E-state index contributed by atoms with van der Waals surface area (Å²) in [6.45, 7) is 4.66. The molecule has 1 atom stereocenters. The van der Waals surface area contributed by atoms with Gasteiger partial charge in [0.25, 0.3) is 5.91 Å². The summed E-state index contributed by atoms with van der Waals surface area (Å²) in [6.07, 6.45) is 9.69. The number of ether oxygens (including phenoxy) is 1. The normalized spacial score (nSPS) is 20.4. The van der Waals surface area contributed by atoms with Crippen LogP contribution in [0.25, 0.3) is 10.1 Å². The zero-order chi connectivity index (χ0) is 21.8. The fraction of sp³-hybridized carbons (Fsp3) is 0.462. The van der Waals surface area contributed by atoms with Gasteiger partial charge in [-0.25, -0.2) is 0 Å². The van der Waals surface area contributed by atoms with Crippen molar-refractivity contribution in [2.75, 3.05) is 32.8 Å². The molecular weight excluding hydrogens is 418 g/mol. The second-order valence-corrected chi connectivity index (χ2v) is 9.90. The van der Waals surface area contributed by atoms with E-state index in [1.54, 1.807) is 11.3 Å². The lowest BCUT2D eigenvalue weighted by molar-refractivity contribution is 0.0305. The Bertz CT molecular complexity index is 1050. The van der Waals surface area contributed by atoms with Crippen LogP contribution in [0.4, 0.5) is 0 Å². The van der Waals surface area contributed by atoms with Crippen molar-refractivity contribution in [1.29, 1.82) is 0 Å². The van der Waals surface area contributed by atoms with Gasteiger partial charge >= 0.3 is 0 Å². The van der Waals surface area contributed by atoms with E-state index in [1.165, 1.54) is 46.9 Å². The molecule has 168 valence electrons. The Morgan fingerprint density at radius 1 is 1.06 bits per heavy atom. The van der Waals surface area contributed by atoms with Crippen LogP contribution in [0.1, 0.15) is 46.5 Å². The SMILES string of the molecule is O=C(c1sc2ccccc2c1CC1CCCCCN1Cc1cccnc1)N1CCOCC1. The molecule has 1 amide bonds. The Morgan fingerprint density at radius 2 is 1.94 bits per heavy atom. The summed E-state index contributed by atoms with van der Waals surface area (Å²) in [4.78, 5) is 23.4. The highest BCUT2D eigenvalue weighted by Gasteiger charge is 2.28. The van der Waals surface area contributed by atoms with Crippen molar-refractivity contribution in [3.05, 3.63) is 64.8 Å². The Hall–Kier alpha value is -2.28. The highest BCUT2D eigenvalue weighted by molar-refractivity contribution is 7.21. The van der Waals surface area contributed by atoms with Gasteiger partial charge in [-0.3, -0.25) is 14.7 Å². The molecule has 0 bridgehead atoms. The fourth-order valence-corrected chi connectivity index (χ4v) is 6.22. The second kappa shape index (κ2) is 10.1. The van der Waals surface area contributed by atoms with Crippen LogP contribution in [-0.2, 0) is 17.7 Å². The number of thiophene rings is 1. The molecule has 2 aliphatic heterocycles. The third-order valence-corrected chi connectivity index (χ3v) is 7.94. The summed E-state index contributed by atoms with van der Waals surface area (Å²) in [5.41, 5.74) is 2.50. The molecule has 5 rings (SSSR count). The number of morpholine rings is 1. The van der Waals surface area contributed by atoms with E-state index < -0.39 is 0 Å². The highest BCUT2D eigenvalue weighted by atomic mass is 32.1. The minimum atomic E-state index is 0.178. The molecule has 32 heavy (non-hydrogen) atoms. The zero-order valence-electron chi connectivity index (χ0n) is 18.5. The summed E-state index contributed by atoms with van der Waals surface area (Å²) < 4.78 is 6.69. The lowest BCUT2D eigenvalue weighted by atomic mass is 9.97. The molecule has 0 N–H and O–H groups in total. The molecule has 0 saturated carbocycles. The molecular formula is C26H31N3O2S. The van der Waals surface area contributed by atoms with Crippen LogP contribution < -0.4 is 0 Å². The molecule has 2 saturated heterocycles. The van der Waals surface area contributed by atoms with Crippen molar-refractivity contribution in [1.82, 2.24) is 14.8 Å². The maximum Gasteiger partial charge on any atom is 0.264 e. The first-order valence-electron chi connectivity index (χ1n) is 11.8. The van der Waals surface area contributed by atoms with Crippen molar-refractivity contribution < 1.29 is 9.53 Å². The molecule has 2 aromatic heterocycles. The maximum atomic E-state index is 13.5. The van der Waals surface area contributed by atoms with E-state index in [0.717, 1.165) is 24.4 Å². The van der Waals surface area contributed by atoms with Crippen LogP contribution in [0.15, 0.2) is 48.8 Å². The first kappa shape index (κ1) is 21.6. The van der Waals surface area contributed by atoms with E-state index >= 15 is 0 Å². The predicted octanol–water partition coefficient (Wildman–Crippen LogP) is 4.76. The monoisotopic (exact) mass is 449 g/mol. The average molecular weight is 450 g/mol. The van der Waals surface area contributed by atoms with E-state index in [1.807, 2.05) is 23.4 Å². The van der Waals surface area contributed by atoms with Gasteiger partial charge in [-0.2, -0.15) is 0 Å². The number of amides is 1. The second-order valence-electron chi connectivity index (χ2n) is 8.85. The van der Waals surface area contributed by atoms with Crippen molar-refractivity contribution in [3.8, 4) is 0 Å². The molecule has 0 spiro atoms. The van der Waals surface area contributed by atoms with Gasteiger partial charge in [0.1, 0.15) is 0 Å². The van der Waals surface area contributed by atoms with Crippen LogP contribution >= 0.6 is 11.3 Å². The van der Waals surface area contributed by atoms with E-state index in [4.69, 9.17) is 4.74 Å². The Kier molecular flexibility index (Phi) is 6.81. The van der Waals surface area contributed by atoms with Crippen molar-refractivity contribution in [2.45, 2.75) is 44.7 Å². The first-order valence-corrected chi connectivity index (χ1v) is 12.6. The quantitative estimate of drug-likeness (QED) is 0.564. The van der Waals surface area contributed by atoms with Gasteiger partial charge in [0.2, 0.25) is 0 Å². The lowest BCUT2D eigenvalue weighted by Gasteiger charge is -2.31. The van der Waals surface area contributed by atoms with Gasteiger partial charge in [-0.1, -0.05) is 37.1 Å². The smallest absolute Gasteiger partial charge is 0.264 e. The maximum absolute atomic E-state index is 13.5. The third-order valence-electron chi connectivity index (χ3n) is 6.74. The van der Waals surface area contributed by atoms with Crippen molar-refractivity contribution in [2.24, 2.45) is 0 Å². The Balaban J connectivity index is 1.46. The topological polar surface area (TPSA) is 45.7 Å². The summed E-state index contributed by atoms with van der Waals surface area (Å²) in [5, 5.41) is 1.25. The van der Waals surface area contributed by atoms with Crippen LogP contribution in [-0.4, -0.2) is 59.6 Å². The largest absolute Gasteiger partial charge is 0.378 e. The zero-order valence-corrected chi connectivity index (χ0v) is 19.4. The summed E-state index contributed by atoms with van der Waals surface area (Å²) >= 11 is 1.66. The number of rotatable bonds is 5. The van der Waals surface area contributed by atoms with E-state index in [0.29, 0.717) is 32.3 Å². The molecule has 3 aromatic rings. The Labute approximate surface area is 194 Å².